The Bertz CT molecular complexity index is 398. The summed E-state index contributed by atoms with van der Waals surface area (Å²) in [5.74, 6) is 0.0991. The lowest BCUT2D eigenvalue weighted by atomic mass is 10.1. The van der Waals surface area contributed by atoms with Crippen LogP contribution in [0.4, 0.5) is 0 Å². The fourth-order valence-electron chi connectivity index (χ4n) is 1.09. The lowest BCUT2D eigenvalue weighted by Crippen LogP contribution is -2.15. The van der Waals surface area contributed by atoms with Gasteiger partial charge in [0, 0.05) is 12.4 Å². The molecule has 0 aliphatic heterocycles. The summed E-state index contributed by atoms with van der Waals surface area (Å²) < 4.78 is 22.2. The molecule has 0 saturated heterocycles. The smallest absolute Gasteiger partial charge is 0.238 e. The maximum atomic E-state index is 11.1. The number of nitrogens with zero attached hydrogens (tertiary/aromatic N) is 1. The van der Waals surface area contributed by atoms with Gasteiger partial charge in [-0.2, -0.15) is 0 Å². The standard InChI is InChI=1S/C8H12N2O2S/c1-6(2)7-5-10-4-3-8(7)13(9,11)12/h3-6H,1-2H3,(H2,9,11,12). The van der Waals surface area contributed by atoms with Crippen molar-refractivity contribution in [2.24, 2.45) is 5.14 Å². The molecule has 0 amide bonds. The van der Waals surface area contributed by atoms with E-state index in [1.165, 1.54) is 18.5 Å². The molecule has 0 bridgehead atoms. The van der Waals surface area contributed by atoms with Gasteiger partial charge in [0.1, 0.15) is 0 Å². The molecule has 1 heterocycles. The van der Waals surface area contributed by atoms with Crippen LogP contribution in [0.2, 0.25) is 0 Å². The number of sulfonamides is 1. The van der Waals surface area contributed by atoms with Gasteiger partial charge in [-0.1, -0.05) is 13.8 Å². The van der Waals surface area contributed by atoms with Crippen molar-refractivity contribution in [2.75, 3.05) is 0 Å². The first-order chi connectivity index (χ1) is 5.93. The normalized spacial score (nSPS) is 12.0. The van der Waals surface area contributed by atoms with Gasteiger partial charge < -0.3 is 0 Å². The predicted octanol–water partition coefficient (Wildman–Crippen LogP) is 0.852. The number of hydrogen-bond donors (Lipinski definition) is 1. The van der Waals surface area contributed by atoms with Crippen molar-refractivity contribution >= 4 is 10.0 Å². The van der Waals surface area contributed by atoms with Gasteiger partial charge in [0.2, 0.25) is 10.0 Å². The summed E-state index contributed by atoms with van der Waals surface area (Å²) in [6.07, 6.45) is 2.95. The van der Waals surface area contributed by atoms with E-state index >= 15 is 0 Å². The third kappa shape index (κ3) is 2.26. The van der Waals surface area contributed by atoms with Crippen molar-refractivity contribution in [3.8, 4) is 0 Å². The molecule has 1 aromatic heterocycles. The fourth-order valence-corrected chi connectivity index (χ4v) is 1.95. The van der Waals surface area contributed by atoms with E-state index in [4.69, 9.17) is 5.14 Å². The molecule has 5 heteroatoms. The van der Waals surface area contributed by atoms with Crippen LogP contribution in [0.5, 0.6) is 0 Å². The molecule has 0 spiro atoms. The average Bonchev–Trinajstić information content (AvgIpc) is 2.03. The summed E-state index contributed by atoms with van der Waals surface area (Å²) in [7, 11) is -3.62. The van der Waals surface area contributed by atoms with E-state index < -0.39 is 10.0 Å². The molecule has 0 radical (unpaired) electrons. The van der Waals surface area contributed by atoms with Crippen LogP contribution in [-0.2, 0) is 10.0 Å². The Kier molecular flexibility index (Phi) is 2.68. The second-order valence-electron chi connectivity index (χ2n) is 3.11. The molecule has 0 atom stereocenters. The molecule has 4 nitrogen and oxygen atoms in total. The zero-order valence-electron chi connectivity index (χ0n) is 7.56. The van der Waals surface area contributed by atoms with E-state index in [9.17, 15) is 8.42 Å². The molecule has 1 rings (SSSR count). The number of rotatable bonds is 2. The van der Waals surface area contributed by atoms with E-state index in [2.05, 4.69) is 4.98 Å². The summed E-state index contributed by atoms with van der Waals surface area (Å²) in [4.78, 5) is 4.02. The van der Waals surface area contributed by atoms with Crippen LogP contribution < -0.4 is 5.14 Å². The van der Waals surface area contributed by atoms with Crippen molar-refractivity contribution in [3.05, 3.63) is 24.0 Å². The van der Waals surface area contributed by atoms with Crippen molar-refractivity contribution < 1.29 is 8.42 Å². The second kappa shape index (κ2) is 3.43. The highest BCUT2D eigenvalue weighted by Gasteiger charge is 2.15. The van der Waals surface area contributed by atoms with Crippen LogP contribution in [0, 0.1) is 0 Å². The highest BCUT2D eigenvalue weighted by molar-refractivity contribution is 7.89. The zero-order chi connectivity index (χ0) is 10.1. The summed E-state index contributed by atoms with van der Waals surface area (Å²) in [5, 5.41) is 5.04. The first kappa shape index (κ1) is 10.1. The average molecular weight is 200 g/mol. The molecule has 0 aromatic carbocycles. The van der Waals surface area contributed by atoms with Crippen molar-refractivity contribution in [2.45, 2.75) is 24.7 Å². The topological polar surface area (TPSA) is 73.0 Å². The third-order valence-electron chi connectivity index (χ3n) is 1.74. The largest absolute Gasteiger partial charge is 0.264 e. The van der Waals surface area contributed by atoms with Gasteiger partial charge in [0.05, 0.1) is 4.90 Å². The van der Waals surface area contributed by atoms with Gasteiger partial charge in [0.25, 0.3) is 0 Å². The SMILES string of the molecule is CC(C)c1cnccc1S(N)(=O)=O. The van der Waals surface area contributed by atoms with E-state index in [1.807, 2.05) is 13.8 Å². The Morgan fingerprint density at radius 3 is 2.46 bits per heavy atom. The molecular formula is C8H12N2O2S. The Labute approximate surface area is 77.8 Å². The van der Waals surface area contributed by atoms with E-state index in [1.54, 1.807) is 0 Å². The fraction of sp³-hybridized carbons (Fsp3) is 0.375. The lowest BCUT2D eigenvalue weighted by molar-refractivity contribution is 0.595. The Balaban J connectivity index is 3.37. The van der Waals surface area contributed by atoms with E-state index in [0.29, 0.717) is 5.56 Å². The monoisotopic (exact) mass is 200 g/mol. The molecule has 2 N–H and O–H groups in total. The predicted molar refractivity (Wildman–Crippen MR) is 49.7 cm³/mol. The minimum atomic E-state index is -3.62. The molecule has 0 saturated carbocycles. The summed E-state index contributed by atoms with van der Waals surface area (Å²) >= 11 is 0. The minimum Gasteiger partial charge on any atom is -0.264 e. The van der Waals surface area contributed by atoms with Gasteiger partial charge in [-0.25, -0.2) is 13.6 Å². The van der Waals surface area contributed by atoms with Gasteiger partial charge in [-0.05, 0) is 17.5 Å². The third-order valence-corrected chi connectivity index (χ3v) is 2.72. The summed E-state index contributed by atoms with van der Waals surface area (Å²) in [5.41, 5.74) is 0.657. The number of pyridine rings is 1. The van der Waals surface area contributed by atoms with Crippen LogP contribution >= 0.6 is 0 Å². The first-order valence-corrected chi connectivity index (χ1v) is 5.44. The quantitative estimate of drug-likeness (QED) is 0.769. The Morgan fingerprint density at radius 2 is 2.08 bits per heavy atom. The maximum absolute atomic E-state index is 11.1. The van der Waals surface area contributed by atoms with Crippen molar-refractivity contribution in [1.29, 1.82) is 0 Å². The van der Waals surface area contributed by atoms with Crippen LogP contribution in [0.3, 0.4) is 0 Å². The van der Waals surface area contributed by atoms with Gasteiger partial charge in [-0.3, -0.25) is 4.98 Å². The molecule has 0 fully saturated rings. The highest BCUT2D eigenvalue weighted by Crippen LogP contribution is 2.20. The summed E-state index contributed by atoms with van der Waals surface area (Å²) in [6, 6.07) is 1.42. The lowest BCUT2D eigenvalue weighted by Gasteiger charge is -2.09. The molecule has 0 unspecified atom stereocenters. The van der Waals surface area contributed by atoms with Crippen molar-refractivity contribution in [1.82, 2.24) is 4.98 Å². The molecule has 72 valence electrons. The number of nitrogens with two attached hydrogens (primary N) is 1. The number of primary sulfonamides is 1. The zero-order valence-corrected chi connectivity index (χ0v) is 8.38. The second-order valence-corrected chi connectivity index (χ2v) is 4.64. The molecular weight excluding hydrogens is 188 g/mol. The minimum absolute atomic E-state index is 0.0991. The molecule has 1 aromatic rings. The molecule has 0 aliphatic rings. The van der Waals surface area contributed by atoms with Crippen molar-refractivity contribution in [3.63, 3.8) is 0 Å². The van der Waals surface area contributed by atoms with Crippen LogP contribution in [-0.4, -0.2) is 13.4 Å². The maximum Gasteiger partial charge on any atom is 0.238 e. The Morgan fingerprint density at radius 1 is 1.46 bits per heavy atom. The Hall–Kier alpha value is -0.940. The number of hydrogen-bond acceptors (Lipinski definition) is 3. The number of aromatic nitrogens is 1. The summed E-state index contributed by atoms with van der Waals surface area (Å²) in [6.45, 7) is 3.79. The highest BCUT2D eigenvalue weighted by atomic mass is 32.2. The van der Waals surface area contributed by atoms with Crippen LogP contribution in [0.25, 0.3) is 0 Å². The first-order valence-electron chi connectivity index (χ1n) is 3.89. The molecule has 13 heavy (non-hydrogen) atoms. The van der Waals surface area contributed by atoms with Gasteiger partial charge in [-0.15, -0.1) is 0 Å². The van der Waals surface area contributed by atoms with Gasteiger partial charge >= 0.3 is 0 Å². The van der Waals surface area contributed by atoms with E-state index in [-0.39, 0.29) is 10.8 Å². The van der Waals surface area contributed by atoms with Crippen LogP contribution in [0.15, 0.2) is 23.4 Å². The molecule has 0 aliphatic carbocycles. The van der Waals surface area contributed by atoms with Gasteiger partial charge in [0.15, 0.2) is 0 Å². The van der Waals surface area contributed by atoms with E-state index in [0.717, 1.165) is 0 Å². The van der Waals surface area contributed by atoms with Crippen LogP contribution in [0.1, 0.15) is 25.3 Å².